The zero-order valence-corrected chi connectivity index (χ0v) is 17.4. The normalized spacial score (nSPS) is 14.2. The number of benzene rings is 2. The van der Waals surface area contributed by atoms with Gasteiger partial charge >= 0.3 is 6.18 Å². The fourth-order valence-electron chi connectivity index (χ4n) is 3.46. The molecule has 4 nitrogen and oxygen atoms in total. The molecule has 156 valence electrons. The van der Waals surface area contributed by atoms with Crippen molar-refractivity contribution in [3.05, 3.63) is 70.4 Å². The third-order valence-corrected chi connectivity index (χ3v) is 5.51. The number of carbonyl (C=O) groups excluding carboxylic acids is 1. The largest absolute Gasteiger partial charge is 0.451 e. The van der Waals surface area contributed by atoms with Gasteiger partial charge in [0.25, 0.3) is 5.91 Å². The van der Waals surface area contributed by atoms with Crippen molar-refractivity contribution in [2.75, 3.05) is 23.3 Å². The Morgan fingerprint density at radius 3 is 2.37 bits per heavy atom. The lowest BCUT2D eigenvalue weighted by Crippen LogP contribution is -2.21. The molecule has 1 fully saturated rings. The number of nitrogens with zero attached hydrogens (tertiary/aromatic N) is 1. The molecule has 8 heteroatoms. The van der Waals surface area contributed by atoms with Gasteiger partial charge < -0.3 is 14.6 Å². The molecule has 2 heterocycles. The molecule has 1 saturated heterocycles. The molecule has 1 N–H and O–H groups in total. The van der Waals surface area contributed by atoms with Gasteiger partial charge in [-0.25, -0.2) is 0 Å². The van der Waals surface area contributed by atoms with Gasteiger partial charge in [0, 0.05) is 23.1 Å². The molecule has 3 aromatic rings. The van der Waals surface area contributed by atoms with Crippen molar-refractivity contribution in [1.29, 1.82) is 0 Å². The maximum atomic E-state index is 13.2. The van der Waals surface area contributed by atoms with Crippen LogP contribution in [-0.2, 0) is 6.18 Å². The van der Waals surface area contributed by atoms with Crippen LogP contribution in [0.15, 0.2) is 63.5 Å². The summed E-state index contributed by atoms with van der Waals surface area (Å²) in [5, 5.41) is 2.61. The lowest BCUT2D eigenvalue weighted by Gasteiger charge is -2.22. The van der Waals surface area contributed by atoms with Crippen LogP contribution in [0.25, 0.3) is 11.3 Å². The quantitative estimate of drug-likeness (QED) is 0.460. The van der Waals surface area contributed by atoms with Gasteiger partial charge in [-0.05, 0) is 55.3 Å². The van der Waals surface area contributed by atoms with Gasteiger partial charge in [-0.1, -0.05) is 28.1 Å². The predicted octanol–water partition coefficient (Wildman–Crippen LogP) is 6.58. The minimum absolute atomic E-state index is 0.0257. The Hall–Kier alpha value is -2.74. The maximum Gasteiger partial charge on any atom is 0.416 e. The molecule has 0 spiro atoms. The Morgan fingerprint density at radius 1 is 1.00 bits per heavy atom. The van der Waals surface area contributed by atoms with Crippen LogP contribution in [-0.4, -0.2) is 19.0 Å². The molecule has 0 radical (unpaired) electrons. The average Bonchev–Trinajstić information content (AvgIpc) is 3.40. The first-order chi connectivity index (χ1) is 14.3. The molecule has 0 atom stereocenters. The lowest BCUT2D eigenvalue weighted by molar-refractivity contribution is -0.137. The summed E-state index contributed by atoms with van der Waals surface area (Å²) in [6.45, 7) is 1.48. The van der Waals surface area contributed by atoms with E-state index in [1.54, 1.807) is 6.07 Å². The molecule has 0 aliphatic carbocycles. The van der Waals surface area contributed by atoms with E-state index in [0.29, 0.717) is 11.4 Å². The molecule has 0 bridgehead atoms. The highest BCUT2D eigenvalue weighted by Gasteiger charge is 2.32. The minimum Gasteiger partial charge on any atom is -0.451 e. The minimum atomic E-state index is -4.50. The first kappa shape index (κ1) is 20.5. The fraction of sp³-hybridized carbons (Fsp3) is 0.227. The number of carbonyl (C=O) groups is 1. The molecule has 1 aliphatic rings. The molecule has 1 aromatic heterocycles. The molecule has 2 aromatic carbocycles. The predicted molar refractivity (Wildman–Crippen MR) is 113 cm³/mol. The summed E-state index contributed by atoms with van der Waals surface area (Å²) in [5.74, 6) is -0.0766. The lowest BCUT2D eigenvalue weighted by atomic mass is 10.1. The zero-order valence-electron chi connectivity index (χ0n) is 15.8. The van der Waals surface area contributed by atoms with E-state index >= 15 is 0 Å². The molecule has 1 aliphatic heterocycles. The molecule has 1 amide bonds. The number of furan rings is 1. The van der Waals surface area contributed by atoms with Crippen molar-refractivity contribution in [2.24, 2.45) is 0 Å². The van der Waals surface area contributed by atoms with E-state index in [0.717, 1.165) is 48.1 Å². The number of rotatable bonds is 4. The third-order valence-electron chi connectivity index (χ3n) is 4.98. The van der Waals surface area contributed by atoms with E-state index in [9.17, 15) is 18.0 Å². The smallest absolute Gasteiger partial charge is 0.416 e. The average molecular weight is 479 g/mol. The van der Waals surface area contributed by atoms with Gasteiger partial charge in [-0.2, -0.15) is 13.2 Å². The standard InChI is InChI=1S/C22H18BrF3N2O2/c23-16-6-3-14(4-7-16)19-9-10-20(30-19)21(29)27-17-13-15(22(24,25)26)5-8-18(17)28-11-1-2-12-28/h3-10,13H,1-2,11-12H2,(H,27,29). The maximum absolute atomic E-state index is 13.2. The Balaban J connectivity index is 1.61. The molecule has 4 rings (SSSR count). The van der Waals surface area contributed by atoms with E-state index in [4.69, 9.17) is 4.42 Å². The Morgan fingerprint density at radius 2 is 1.70 bits per heavy atom. The second kappa shape index (κ2) is 8.18. The van der Waals surface area contributed by atoms with Crippen LogP contribution < -0.4 is 10.2 Å². The molecular weight excluding hydrogens is 461 g/mol. The van der Waals surface area contributed by atoms with Gasteiger partial charge in [0.15, 0.2) is 5.76 Å². The van der Waals surface area contributed by atoms with Gasteiger partial charge in [0.2, 0.25) is 0 Å². The van der Waals surface area contributed by atoms with E-state index in [1.807, 2.05) is 29.2 Å². The SMILES string of the molecule is O=C(Nc1cc(C(F)(F)F)ccc1N1CCCC1)c1ccc(-c2ccc(Br)cc2)o1. The van der Waals surface area contributed by atoms with Crippen LogP contribution in [0.4, 0.5) is 24.5 Å². The third kappa shape index (κ3) is 4.38. The van der Waals surface area contributed by atoms with Crippen LogP contribution >= 0.6 is 15.9 Å². The van der Waals surface area contributed by atoms with Crippen LogP contribution in [0.5, 0.6) is 0 Å². The topological polar surface area (TPSA) is 45.5 Å². The van der Waals surface area contributed by atoms with E-state index in [2.05, 4.69) is 21.2 Å². The Labute approximate surface area is 179 Å². The van der Waals surface area contributed by atoms with Crippen molar-refractivity contribution in [2.45, 2.75) is 19.0 Å². The van der Waals surface area contributed by atoms with Gasteiger partial charge in [0.1, 0.15) is 5.76 Å². The number of halogens is 4. The van der Waals surface area contributed by atoms with Crippen molar-refractivity contribution in [3.63, 3.8) is 0 Å². The van der Waals surface area contributed by atoms with Crippen molar-refractivity contribution >= 4 is 33.2 Å². The summed E-state index contributed by atoms with van der Waals surface area (Å²) in [6.07, 6.45) is -2.57. The van der Waals surface area contributed by atoms with Crippen LogP contribution in [0, 0.1) is 0 Å². The first-order valence-corrected chi connectivity index (χ1v) is 10.2. The summed E-state index contributed by atoms with van der Waals surface area (Å²) in [6, 6.07) is 14.0. The highest BCUT2D eigenvalue weighted by Crippen LogP contribution is 2.37. The number of amides is 1. The molecule has 30 heavy (non-hydrogen) atoms. The summed E-state index contributed by atoms with van der Waals surface area (Å²) >= 11 is 3.36. The van der Waals surface area contributed by atoms with Gasteiger partial charge in [0.05, 0.1) is 16.9 Å². The van der Waals surface area contributed by atoms with E-state index in [-0.39, 0.29) is 11.4 Å². The summed E-state index contributed by atoms with van der Waals surface area (Å²) in [7, 11) is 0. The molecule has 0 saturated carbocycles. The molecular formula is C22H18BrF3N2O2. The van der Waals surface area contributed by atoms with Crippen LogP contribution in [0.2, 0.25) is 0 Å². The summed E-state index contributed by atoms with van der Waals surface area (Å²) in [4.78, 5) is 14.7. The fourth-order valence-corrected chi connectivity index (χ4v) is 3.72. The zero-order chi connectivity index (χ0) is 21.3. The van der Waals surface area contributed by atoms with Crippen molar-refractivity contribution in [1.82, 2.24) is 0 Å². The monoisotopic (exact) mass is 478 g/mol. The van der Waals surface area contributed by atoms with Gasteiger partial charge in [-0.3, -0.25) is 4.79 Å². The Kier molecular flexibility index (Phi) is 5.60. The highest BCUT2D eigenvalue weighted by molar-refractivity contribution is 9.10. The first-order valence-electron chi connectivity index (χ1n) is 9.44. The van der Waals surface area contributed by atoms with E-state index < -0.39 is 17.6 Å². The van der Waals surface area contributed by atoms with E-state index in [1.165, 1.54) is 12.1 Å². The highest BCUT2D eigenvalue weighted by atomic mass is 79.9. The van der Waals surface area contributed by atoms with Crippen LogP contribution in [0.3, 0.4) is 0 Å². The second-order valence-corrected chi connectivity index (χ2v) is 7.96. The number of alkyl halides is 3. The second-order valence-electron chi connectivity index (χ2n) is 7.05. The number of nitrogens with one attached hydrogen (secondary N) is 1. The van der Waals surface area contributed by atoms with Crippen molar-refractivity contribution in [3.8, 4) is 11.3 Å². The summed E-state index contributed by atoms with van der Waals surface area (Å²) in [5.41, 5.74) is 0.677. The number of hydrogen-bond donors (Lipinski definition) is 1. The number of hydrogen-bond acceptors (Lipinski definition) is 3. The van der Waals surface area contributed by atoms with Crippen molar-refractivity contribution < 1.29 is 22.4 Å². The molecule has 0 unspecified atom stereocenters. The number of anilines is 2. The summed E-state index contributed by atoms with van der Waals surface area (Å²) < 4.78 is 46.2. The Bertz CT molecular complexity index is 1050. The van der Waals surface area contributed by atoms with Gasteiger partial charge in [-0.15, -0.1) is 0 Å². The van der Waals surface area contributed by atoms with Crippen LogP contribution in [0.1, 0.15) is 29.0 Å².